The highest BCUT2D eigenvalue weighted by Gasteiger charge is 2.12. The zero-order valence-electron chi connectivity index (χ0n) is 4.89. The van der Waals surface area contributed by atoms with Crippen molar-refractivity contribution in [1.29, 1.82) is 0 Å². The van der Waals surface area contributed by atoms with Crippen LogP contribution < -0.4 is 5.06 Å². The third-order valence-electron chi connectivity index (χ3n) is 0.970. The molecule has 0 aromatic carbocycles. The summed E-state index contributed by atoms with van der Waals surface area (Å²) >= 11 is 0. The highest BCUT2D eigenvalue weighted by Crippen LogP contribution is 2.09. The second kappa shape index (κ2) is 2.07. The largest absolute Gasteiger partial charge is 0.343 e. The van der Waals surface area contributed by atoms with Gasteiger partial charge in [0, 0.05) is 5.27 Å². The summed E-state index contributed by atoms with van der Waals surface area (Å²) in [5.41, 5.74) is 0. The lowest BCUT2D eigenvalue weighted by atomic mass is 10.8. The Morgan fingerprint density at radius 3 is 3.30 bits per heavy atom. The molecule has 0 fully saturated rings. The van der Waals surface area contributed by atoms with Crippen LogP contribution in [0.1, 0.15) is 0 Å². The van der Waals surface area contributed by atoms with Gasteiger partial charge in [0.2, 0.25) is 12.2 Å². The van der Waals surface area contributed by atoms with Gasteiger partial charge in [-0.05, 0) is 0 Å². The standard InChI is InChI=1S/C4H3N4O2/c1-4(6-7-9-1)8-2-5-3-10-8/h1H,3H2. The van der Waals surface area contributed by atoms with E-state index >= 15 is 0 Å². The van der Waals surface area contributed by atoms with Crippen LogP contribution in [0.25, 0.3) is 0 Å². The topological polar surface area (TPSA) is 63.8 Å². The Hall–Kier alpha value is -1.43. The Bertz CT molecular complexity index is 231. The Kier molecular flexibility index (Phi) is 1.11. The van der Waals surface area contributed by atoms with Crippen LogP contribution in [0.15, 0.2) is 15.8 Å². The SMILES string of the molecule is [C]1=NCON1c1conn1. The molecule has 1 aliphatic heterocycles. The minimum absolute atomic E-state index is 0.271. The third-order valence-corrected chi connectivity index (χ3v) is 0.970. The number of hydrogen-bond acceptors (Lipinski definition) is 6. The van der Waals surface area contributed by atoms with Gasteiger partial charge in [-0.15, -0.1) is 0 Å². The van der Waals surface area contributed by atoms with Gasteiger partial charge in [0.1, 0.15) is 0 Å². The molecular formula is C4H3N4O2. The van der Waals surface area contributed by atoms with Crippen LogP contribution in [0.3, 0.4) is 0 Å². The average Bonchev–Trinajstić information content (AvgIpc) is 2.59. The molecule has 1 radical (unpaired) electrons. The fraction of sp³-hybridized carbons (Fsp3) is 0.250. The van der Waals surface area contributed by atoms with Gasteiger partial charge in [-0.3, -0.25) is 0 Å². The van der Waals surface area contributed by atoms with Crippen LogP contribution in [0.5, 0.6) is 0 Å². The van der Waals surface area contributed by atoms with Crippen molar-refractivity contribution in [3.8, 4) is 0 Å². The summed E-state index contributed by atoms with van der Waals surface area (Å²) in [6, 6.07) is 0. The molecule has 51 valence electrons. The van der Waals surface area contributed by atoms with Crippen LogP contribution in [-0.2, 0) is 4.84 Å². The predicted octanol–water partition coefficient (Wildman–Crippen LogP) is -0.316. The molecule has 0 aliphatic carbocycles. The number of aromatic nitrogens is 2. The van der Waals surface area contributed by atoms with E-state index in [0.717, 1.165) is 0 Å². The number of rotatable bonds is 1. The van der Waals surface area contributed by atoms with Crippen LogP contribution in [-0.4, -0.2) is 23.4 Å². The van der Waals surface area contributed by atoms with Gasteiger partial charge in [-0.1, -0.05) is 5.10 Å². The van der Waals surface area contributed by atoms with E-state index in [1.807, 2.05) is 0 Å². The van der Waals surface area contributed by atoms with E-state index in [1.54, 1.807) is 0 Å². The lowest BCUT2D eigenvalue weighted by Gasteiger charge is -2.03. The molecule has 0 unspecified atom stereocenters. The molecule has 0 N–H and O–H groups in total. The first kappa shape index (κ1) is 5.36. The van der Waals surface area contributed by atoms with Crippen molar-refractivity contribution in [2.45, 2.75) is 0 Å². The highest BCUT2D eigenvalue weighted by atomic mass is 16.7. The van der Waals surface area contributed by atoms with Crippen molar-refractivity contribution in [2.75, 3.05) is 11.8 Å². The van der Waals surface area contributed by atoms with Gasteiger partial charge in [0.25, 0.3) is 0 Å². The first-order valence-corrected chi connectivity index (χ1v) is 2.59. The van der Waals surface area contributed by atoms with Crippen molar-refractivity contribution < 1.29 is 9.36 Å². The maximum Gasteiger partial charge on any atom is 0.223 e. The molecule has 0 amide bonds. The summed E-state index contributed by atoms with van der Waals surface area (Å²) in [6.45, 7) is 0.271. The van der Waals surface area contributed by atoms with Gasteiger partial charge in [-0.2, -0.15) is 5.06 Å². The normalized spacial score (nSPS) is 16.6. The second-order valence-corrected chi connectivity index (χ2v) is 1.57. The summed E-state index contributed by atoms with van der Waals surface area (Å²) in [5, 5.41) is 8.06. The van der Waals surface area contributed by atoms with Crippen LogP contribution in [0.4, 0.5) is 5.82 Å². The summed E-state index contributed by atoms with van der Waals surface area (Å²) in [5.74, 6) is 0.446. The van der Waals surface area contributed by atoms with Crippen LogP contribution in [0.2, 0.25) is 0 Å². The van der Waals surface area contributed by atoms with E-state index in [4.69, 9.17) is 4.84 Å². The molecule has 6 nitrogen and oxygen atoms in total. The molecule has 1 aliphatic rings. The minimum atomic E-state index is 0.271. The Morgan fingerprint density at radius 2 is 2.70 bits per heavy atom. The maximum absolute atomic E-state index is 4.89. The Balaban J connectivity index is 2.20. The fourth-order valence-electron chi connectivity index (χ4n) is 0.574. The van der Waals surface area contributed by atoms with Crippen LogP contribution in [0, 0.1) is 0 Å². The highest BCUT2D eigenvalue weighted by molar-refractivity contribution is 5.74. The second-order valence-electron chi connectivity index (χ2n) is 1.57. The summed E-state index contributed by atoms with van der Waals surface area (Å²) in [6.07, 6.45) is 3.87. The van der Waals surface area contributed by atoms with Crippen molar-refractivity contribution in [3.05, 3.63) is 6.26 Å². The average molecular weight is 139 g/mol. The van der Waals surface area contributed by atoms with E-state index in [-0.39, 0.29) is 6.73 Å². The van der Waals surface area contributed by atoms with Gasteiger partial charge in [0.15, 0.2) is 13.0 Å². The van der Waals surface area contributed by atoms with E-state index in [1.165, 1.54) is 11.3 Å². The summed E-state index contributed by atoms with van der Waals surface area (Å²) in [7, 11) is 0. The van der Waals surface area contributed by atoms with Gasteiger partial charge in [-0.25, -0.2) is 9.83 Å². The quantitative estimate of drug-likeness (QED) is 0.533. The van der Waals surface area contributed by atoms with Gasteiger partial charge >= 0.3 is 0 Å². The van der Waals surface area contributed by atoms with Gasteiger partial charge < -0.3 is 4.52 Å². The molecule has 1 aromatic heterocycles. The van der Waals surface area contributed by atoms with E-state index in [0.29, 0.717) is 5.82 Å². The van der Waals surface area contributed by atoms with Gasteiger partial charge in [0.05, 0.1) is 0 Å². The Labute approximate surface area is 56.0 Å². The number of hydrogen-bond donors (Lipinski definition) is 0. The molecule has 1 aromatic rings. The fourth-order valence-corrected chi connectivity index (χ4v) is 0.574. The lowest BCUT2D eigenvalue weighted by molar-refractivity contribution is 0.172. The molecule has 0 bridgehead atoms. The number of anilines is 1. The zero-order chi connectivity index (χ0) is 6.81. The van der Waals surface area contributed by atoms with Crippen molar-refractivity contribution in [1.82, 2.24) is 10.4 Å². The first-order chi connectivity index (χ1) is 4.97. The third kappa shape index (κ3) is 0.742. The molecule has 0 atom stereocenters. The first-order valence-electron chi connectivity index (χ1n) is 2.59. The molecule has 2 rings (SSSR count). The number of nitrogens with zero attached hydrogens (tertiary/aromatic N) is 4. The zero-order valence-corrected chi connectivity index (χ0v) is 4.89. The van der Waals surface area contributed by atoms with Crippen molar-refractivity contribution >= 4 is 12.2 Å². The molecule has 0 spiro atoms. The van der Waals surface area contributed by atoms with Crippen molar-refractivity contribution in [2.24, 2.45) is 4.99 Å². The molecule has 10 heavy (non-hydrogen) atoms. The van der Waals surface area contributed by atoms with Crippen molar-refractivity contribution in [3.63, 3.8) is 0 Å². The molecule has 2 heterocycles. The molecular weight excluding hydrogens is 136 g/mol. The monoisotopic (exact) mass is 139 g/mol. The summed E-state index contributed by atoms with van der Waals surface area (Å²) < 4.78 is 4.46. The minimum Gasteiger partial charge on any atom is -0.343 e. The molecule has 0 saturated heterocycles. The van der Waals surface area contributed by atoms with E-state index in [9.17, 15) is 0 Å². The maximum atomic E-state index is 4.89. The number of hydroxylamine groups is 1. The smallest absolute Gasteiger partial charge is 0.223 e. The predicted molar refractivity (Wildman–Crippen MR) is 30.2 cm³/mol. The number of aliphatic imine (C=N–C) groups is 1. The van der Waals surface area contributed by atoms with E-state index < -0.39 is 0 Å². The lowest BCUT2D eigenvalue weighted by Crippen LogP contribution is -2.15. The Morgan fingerprint density at radius 1 is 1.70 bits per heavy atom. The molecule has 6 heteroatoms. The summed E-state index contributed by atoms with van der Waals surface area (Å²) in [4.78, 5) is 8.56. The molecule has 0 saturated carbocycles. The van der Waals surface area contributed by atoms with E-state index in [2.05, 4.69) is 26.2 Å². The van der Waals surface area contributed by atoms with Crippen LogP contribution >= 0.6 is 0 Å².